The smallest absolute Gasteiger partial charge is 0.0807 e. The van der Waals surface area contributed by atoms with Crippen molar-refractivity contribution in [3.05, 3.63) is 24.3 Å². The maximum atomic E-state index is 9.52. The van der Waals surface area contributed by atoms with Crippen LogP contribution >= 0.6 is 0 Å². The van der Waals surface area contributed by atoms with Crippen molar-refractivity contribution >= 4 is 26.5 Å². The van der Waals surface area contributed by atoms with Gasteiger partial charge in [0.15, 0.2) is 0 Å². The maximum Gasteiger partial charge on any atom is 0.0807 e. The molecule has 0 saturated carbocycles. The van der Waals surface area contributed by atoms with Crippen LogP contribution in [-0.4, -0.2) is 38.6 Å². The van der Waals surface area contributed by atoms with Gasteiger partial charge in [-0.05, 0) is 26.7 Å². The molecule has 0 bridgehead atoms. The van der Waals surface area contributed by atoms with Crippen LogP contribution in [0.15, 0.2) is 24.3 Å². The maximum absolute atomic E-state index is 9.52. The molecule has 2 nitrogen and oxygen atoms in total. The Bertz CT molecular complexity index is 408. The summed E-state index contributed by atoms with van der Waals surface area (Å²) in [5.41, 5.74) is 0. The van der Waals surface area contributed by atoms with Gasteiger partial charge in [0, 0.05) is 0 Å². The van der Waals surface area contributed by atoms with E-state index in [0.29, 0.717) is 0 Å². The second-order valence-electron chi connectivity index (χ2n) is 8.12. The number of hydrogen-bond acceptors (Lipinski definition) is 2. The summed E-state index contributed by atoms with van der Waals surface area (Å²) in [6.07, 6.45) is 1.40. The lowest BCUT2D eigenvalue weighted by atomic mass is 10.3. The molecule has 126 valence electrons. The molecule has 0 saturated heterocycles. The summed E-state index contributed by atoms with van der Waals surface area (Å²) in [5.74, 6) is 0. The molecule has 0 aliphatic carbocycles. The first-order valence-electron chi connectivity index (χ1n) is 8.52. The Hall–Kier alpha value is -0.426. The highest BCUT2D eigenvalue weighted by Crippen LogP contribution is 2.16. The molecule has 1 rings (SSSR count). The third-order valence-electron chi connectivity index (χ3n) is 4.82. The zero-order chi connectivity index (χ0) is 17.0. The Morgan fingerprint density at radius 1 is 0.727 bits per heavy atom. The van der Waals surface area contributed by atoms with Crippen molar-refractivity contribution in [3.8, 4) is 0 Å². The van der Waals surface area contributed by atoms with E-state index >= 15 is 0 Å². The molecular weight excluding hydrogens is 304 g/mol. The molecular formula is C18H34O2Si2. The predicted molar refractivity (Wildman–Crippen MR) is 103 cm³/mol. The van der Waals surface area contributed by atoms with Gasteiger partial charge >= 0.3 is 0 Å². The van der Waals surface area contributed by atoms with E-state index in [9.17, 15) is 10.2 Å². The van der Waals surface area contributed by atoms with Crippen LogP contribution < -0.4 is 10.4 Å². The van der Waals surface area contributed by atoms with Crippen molar-refractivity contribution in [2.75, 3.05) is 0 Å². The number of aliphatic hydroxyl groups is 2. The third kappa shape index (κ3) is 5.99. The van der Waals surface area contributed by atoms with Crippen molar-refractivity contribution in [1.29, 1.82) is 0 Å². The molecule has 0 spiro atoms. The van der Waals surface area contributed by atoms with Gasteiger partial charge in [0.2, 0.25) is 0 Å². The van der Waals surface area contributed by atoms with Gasteiger partial charge in [-0.3, -0.25) is 0 Å². The predicted octanol–water partition coefficient (Wildman–Crippen LogP) is 3.06. The summed E-state index contributed by atoms with van der Waals surface area (Å²) in [4.78, 5) is 0. The van der Waals surface area contributed by atoms with Gasteiger partial charge < -0.3 is 10.2 Å². The van der Waals surface area contributed by atoms with Gasteiger partial charge in [-0.15, -0.1) is 0 Å². The normalized spacial score (nSPS) is 15.6. The monoisotopic (exact) mass is 338 g/mol. The van der Waals surface area contributed by atoms with Crippen LogP contribution in [0.3, 0.4) is 0 Å². The Balaban J connectivity index is 2.81. The Morgan fingerprint density at radius 3 is 1.23 bits per heavy atom. The fraction of sp³-hybridized carbons (Fsp3) is 0.667. The lowest BCUT2D eigenvalue weighted by molar-refractivity contribution is 0.190. The number of hydrogen-bond donors (Lipinski definition) is 2. The lowest BCUT2D eigenvalue weighted by Crippen LogP contribution is -2.45. The van der Waals surface area contributed by atoms with E-state index in [4.69, 9.17) is 0 Å². The highest BCUT2D eigenvalue weighted by atomic mass is 28.3. The zero-order valence-electron chi connectivity index (χ0n) is 15.2. The molecule has 0 aliphatic rings. The van der Waals surface area contributed by atoms with Crippen molar-refractivity contribution < 1.29 is 10.2 Å². The summed E-state index contributed by atoms with van der Waals surface area (Å²) in [7, 11) is -2.89. The molecule has 2 atom stereocenters. The standard InChI is InChI=1S/C18H34O2Si2/c1-15(19)11-13-21(3,4)17-7-9-18(10-8-17)22(5,6)14-12-16(2)20/h7-10,15-16,19-20H,11-14H2,1-6H3. The first kappa shape index (κ1) is 19.6. The average molecular weight is 339 g/mol. The molecule has 1 aromatic rings. The zero-order valence-corrected chi connectivity index (χ0v) is 17.2. The van der Waals surface area contributed by atoms with E-state index < -0.39 is 16.1 Å². The molecule has 2 N–H and O–H groups in total. The molecule has 0 fully saturated rings. The highest BCUT2D eigenvalue weighted by Gasteiger charge is 2.26. The van der Waals surface area contributed by atoms with Crippen molar-refractivity contribution in [3.63, 3.8) is 0 Å². The summed E-state index contributed by atoms with van der Waals surface area (Å²) in [5, 5.41) is 22.0. The minimum absolute atomic E-state index is 0.196. The van der Waals surface area contributed by atoms with Crippen LogP contribution in [0.2, 0.25) is 38.3 Å². The summed E-state index contributed by atoms with van der Waals surface area (Å²) in [6.45, 7) is 13.3. The van der Waals surface area contributed by atoms with E-state index in [1.54, 1.807) is 0 Å². The van der Waals surface area contributed by atoms with Crippen LogP contribution in [-0.2, 0) is 0 Å². The number of aliphatic hydroxyl groups excluding tert-OH is 2. The van der Waals surface area contributed by atoms with E-state index in [2.05, 4.69) is 50.5 Å². The SMILES string of the molecule is CC(O)CC[Si](C)(C)c1ccc([Si](C)(C)CCC(C)O)cc1. The van der Waals surface area contributed by atoms with E-state index in [1.165, 1.54) is 10.4 Å². The highest BCUT2D eigenvalue weighted by molar-refractivity contribution is 6.91. The van der Waals surface area contributed by atoms with Gasteiger partial charge in [0.1, 0.15) is 0 Å². The average Bonchev–Trinajstić information content (AvgIpc) is 2.43. The van der Waals surface area contributed by atoms with E-state index in [-0.39, 0.29) is 12.2 Å². The fourth-order valence-electron chi connectivity index (χ4n) is 2.80. The Morgan fingerprint density at radius 2 is 1.00 bits per heavy atom. The quantitative estimate of drug-likeness (QED) is 0.715. The van der Waals surface area contributed by atoms with Gasteiger partial charge in [-0.25, -0.2) is 0 Å². The topological polar surface area (TPSA) is 40.5 Å². The molecule has 0 radical (unpaired) electrons. The Labute approximate surface area is 138 Å². The van der Waals surface area contributed by atoms with Crippen molar-refractivity contribution in [2.45, 2.75) is 77.2 Å². The molecule has 2 unspecified atom stereocenters. The number of benzene rings is 1. The second-order valence-corrected chi connectivity index (χ2v) is 17.8. The molecule has 0 aliphatic heterocycles. The molecule has 0 aromatic heterocycles. The minimum Gasteiger partial charge on any atom is -0.393 e. The lowest BCUT2D eigenvalue weighted by Gasteiger charge is -2.27. The van der Waals surface area contributed by atoms with E-state index in [1.807, 2.05) is 13.8 Å². The molecule has 22 heavy (non-hydrogen) atoms. The molecule has 1 aromatic carbocycles. The van der Waals surface area contributed by atoms with Crippen molar-refractivity contribution in [2.24, 2.45) is 0 Å². The second kappa shape index (κ2) is 7.91. The fourth-order valence-corrected chi connectivity index (χ4v) is 7.80. The van der Waals surface area contributed by atoms with Gasteiger partial charge in [0.25, 0.3) is 0 Å². The van der Waals surface area contributed by atoms with Crippen LogP contribution in [0.1, 0.15) is 26.7 Å². The van der Waals surface area contributed by atoms with Crippen LogP contribution in [0, 0.1) is 0 Å². The summed E-state index contributed by atoms with van der Waals surface area (Å²) in [6, 6.07) is 11.5. The third-order valence-corrected chi connectivity index (χ3v) is 11.7. The minimum atomic E-state index is -1.45. The van der Waals surface area contributed by atoms with Gasteiger partial charge in [-0.2, -0.15) is 0 Å². The first-order valence-corrected chi connectivity index (χ1v) is 14.9. The molecule has 0 heterocycles. The molecule has 0 amide bonds. The van der Waals surface area contributed by atoms with Crippen molar-refractivity contribution in [1.82, 2.24) is 0 Å². The molecule has 4 heteroatoms. The Kier molecular flexibility index (Phi) is 7.05. The summed E-state index contributed by atoms with van der Waals surface area (Å²) < 4.78 is 0. The first-order chi connectivity index (χ1) is 10.0. The van der Waals surface area contributed by atoms with Gasteiger partial charge in [-0.1, -0.05) is 72.9 Å². The summed E-state index contributed by atoms with van der Waals surface area (Å²) >= 11 is 0. The van der Waals surface area contributed by atoms with Crippen LogP contribution in [0.4, 0.5) is 0 Å². The van der Waals surface area contributed by atoms with Gasteiger partial charge in [0.05, 0.1) is 28.4 Å². The number of rotatable bonds is 8. The van der Waals surface area contributed by atoms with Crippen LogP contribution in [0.5, 0.6) is 0 Å². The van der Waals surface area contributed by atoms with E-state index in [0.717, 1.165) is 24.9 Å². The largest absolute Gasteiger partial charge is 0.393 e. The van der Waals surface area contributed by atoms with Crippen LogP contribution in [0.25, 0.3) is 0 Å².